The summed E-state index contributed by atoms with van der Waals surface area (Å²) in [7, 11) is 2.14. The second kappa shape index (κ2) is 5.67. The molecule has 0 amide bonds. The van der Waals surface area contributed by atoms with Crippen molar-refractivity contribution in [3.05, 3.63) is 34.9 Å². The van der Waals surface area contributed by atoms with Crippen molar-refractivity contribution >= 4 is 0 Å². The maximum atomic E-state index is 8.79. The third-order valence-electron chi connectivity index (χ3n) is 2.59. The number of hydrogen-bond acceptors (Lipinski definition) is 2. The van der Waals surface area contributed by atoms with E-state index in [4.69, 9.17) is 5.26 Å². The second-order valence-corrected chi connectivity index (χ2v) is 4.84. The largest absolute Gasteiger partial charge is 0.302 e. The van der Waals surface area contributed by atoms with Crippen LogP contribution >= 0.6 is 0 Å². The van der Waals surface area contributed by atoms with Crippen LogP contribution in [0.25, 0.3) is 0 Å². The summed E-state index contributed by atoms with van der Waals surface area (Å²) in [5, 5.41) is 8.79. The summed E-state index contributed by atoms with van der Waals surface area (Å²) in [6, 6.07) is 8.08. The van der Waals surface area contributed by atoms with Crippen LogP contribution in [-0.4, -0.2) is 18.5 Å². The van der Waals surface area contributed by atoms with Gasteiger partial charge in [0.1, 0.15) is 0 Å². The lowest BCUT2D eigenvalue weighted by Gasteiger charge is -2.20. The molecule has 0 unspecified atom stereocenters. The Bertz CT molecular complexity index is 388. The molecule has 0 aliphatic rings. The van der Waals surface area contributed by atoms with E-state index in [-0.39, 0.29) is 0 Å². The van der Waals surface area contributed by atoms with E-state index in [9.17, 15) is 0 Å². The maximum absolute atomic E-state index is 8.79. The van der Waals surface area contributed by atoms with Gasteiger partial charge in [-0.2, -0.15) is 5.26 Å². The van der Waals surface area contributed by atoms with Gasteiger partial charge in [-0.1, -0.05) is 19.9 Å². The molecule has 2 heteroatoms. The molecule has 0 saturated heterocycles. The standard InChI is InChI=1S/C14H20N2/c1-11(2)9-16(4)10-14-6-5-13(8-15)7-12(14)3/h5-7,11H,9-10H2,1-4H3. The van der Waals surface area contributed by atoms with E-state index >= 15 is 0 Å². The van der Waals surface area contributed by atoms with Gasteiger partial charge in [0.25, 0.3) is 0 Å². The zero-order valence-electron chi connectivity index (χ0n) is 10.6. The number of nitriles is 1. The quantitative estimate of drug-likeness (QED) is 0.773. The Morgan fingerprint density at radius 1 is 1.38 bits per heavy atom. The molecule has 2 nitrogen and oxygen atoms in total. The Morgan fingerprint density at radius 3 is 2.56 bits per heavy atom. The monoisotopic (exact) mass is 216 g/mol. The Morgan fingerprint density at radius 2 is 2.06 bits per heavy atom. The Hall–Kier alpha value is -1.33. The summed E-state index contributed by atoms with van der Waals surface area (Å²) < 4.78 is 0. The van der Waals surface area contributed by atoms with E-state index in [0.29, 0.717) is 5.92 Å². The summed E-state index contributed by atoms with van der Waals surface area (Å²) in [5.41, 5.74) is 3.25. The van der Waals surface area contributed by atoms with Crippen LogP contribution in [0.3, 0.4) is 0 Å². The fraction of sp³-hybridized carbons (Fsp3) is 0.500. The van der Waals surface area contributed by atoms with Crippen LogP contribution in [0.4, 0.5) is 0 Å². The molecule has 0 saturated carbocycles. The van der Waals surface area contributed by atoms with E-state index in [1.54, 1.807) is 0 Å². The maximum Gasteiger partial charge on any atom is 0.0991 e. The highest BCUT2D eigenvalue weighted by atomic mass is 15.1. The summed E-state index contributed by atoms with van der Waals surface area (Å²) >= 11 is 0. The van der Waals surface area contributed by atoms with Crippen molar-refractivity contribution < 1.29 is 0 Å². The lowest BCUT2D eigenvalue weighted by atomic mass is 10.0. The lowest BCUT2D eigenvalue weighted by molar-refractivity contribution is 0.288. The van der Waals surface area contributed by atoms with Gasteiger partial charge in [0.15, 0.2) is 0 Å². The van der Waals surface area contributed by atoms with Crippen molar-refractivity contribution in [3.8, 4) is 6.07 Å². The van der Waals surface area contributed by atoms with Gasteiger partial charge >= 0.3 is 0 Å². The van der Waals surface area contributed by atoms with Crippen LogP contribution in [0.15, 0.2) is 18.2 Å². The molecule has 86 valence electrons. The number of benzene rings is 1. The number of rotatable bonds is 4. The minimum Gasteiger partial charge on any atom is -0.302 e. The van der Waals surface area contributed by atoms with Crippen molar-refractivity contribution in [1.82, 2.24) is 4.90 Å². The van der Waals surface area contributed by atoms with Gasteiger partial charge in [0.05, 0.1) is 11.6 Å². The summed E-state index contributed by atoms with van der Waals surface area (Å²) in [6.45, 7) is 8.57. The second-order valence-electron chi connectivity index (χ2n) is 4.84. The molecule has 1 rings (SSSR count). The molecule has 0 spiro atoms. The minimum atomic E-state index is 0.684. The molecule has 1 aromatic rings. The van der Waals surface area contributed by atoms with Crippen molar-refractivity contribution in [1.29, 1.82) is 5.26 Å². The molecule has 0 aliphatic carbocycles. The van der Waals surface area contributed by atoms with Gasteiger partial charge in [-0.3, -0.25) is 0 Å². The zero-order chi connectivity index (χ0) is 12.1. The summed E-state index contributed by atoms with van der Waals surface area (Å²) in [6.07, 6.45) is 0. The molecule has 0 aliphatic heterocycles. The van der Waals surface area contributed by atoms with E-state index < -0.39 is 0 Å². The molecule has 1 aromatic carbocycles. The molecule has 0 aromatic heterocycles. The first-order chi connectivity index (χ1) is 7.52. The number of hydrogen-bond donors (Lipinski definition) is 0. The van der Waals surface area contributed by atoms with Crippen LogP contribution in [0, 0.1) is 24.2 Å². The minimum absolute atomic E-state index is 0.684. The van der Waals surface area contributed by atoms with Crippen LogP contribution in [0.2, 0.25) is 0 Å². The molecule has 16 heavy (non-hydrogen) atoms. The molecule has 0 fully saturated rings. The first kappa shape index (κ1) is 12.7. The molecular formula is C14H20N2. The van der Waals surface area contributed by atoms with Gasteiger partial charge in [-0.25, -0.2) is 0 Å². The first-order valence-electron chi connectivity index (χ1n) is 5.71. The molecule has 0 bridgehead atoms. The highest BCUT2D eigenvalue weighted by Gasteiger charge is 2.05. The summed E-state index contributed by atoms with van der Waals surface area (Å²) in [4.78, 5) is 2.32. The van der Waals surface area contributed by atoms with Gasteiger partial charge in [-0.15, -0.1) is 0 Å². The van der Waals surface area contributed by atoms with Gasteiger partial charge in [0, 0.05) is 13.1 Å². The molecule has 0 heterocycles. The highest BCUT2D eigenvalue weighted by Crippen LogP contribution is 2.13. The predicted molar refractivity (Wildman–Crippen MR) is 67.1 cm³/mol. The van der Waals surface area contributed by atoms with E-state index in [1.807, 2.05) is 12.1 Å². The van der Waals surface area contributed by atoms with Crippen LogP contribution in [0.5, 0.6) is 0 Å². The third kappa shape index (κ3) is 3.67. The van der Waals surface area contributed by atoms with Gasteiger partial charge < -0.3 is 4.90 Å². The Kier molecular flexibility index (Phi) is 4.52. The normalized spacial score (nSPS) is 10.8. The van der Waals surface area contributed by atoms with Gasteiger partial charge in [0.2, 0.25) is 0 Å². The van der Waals surface area contributed by atoms with Crippen molar-refractivity contribution in [2.75, 3.05) is 13.6 Å². The fourth-order valence-corrected chi connectivity index (χ4v) is 1.92. The van der Waals surface area contributed by atoms with Gasteiger partial charge in [-0.05, 0) is 43.1 Å². The number of nitrogens with zero attached hydrogens (tertiary/aromatic N) is 2. The topological polar surface area (TPSA) is 27.0 Å². The van der Waals surface area contributed by atoms with Crippen molar-refractivity contribution in [2.45, 2.75) is 27.3 Å². The smallest absolute Gasteiger partial charge is 0.0991 e. The van der Waals surface area contributed by atoms with Crippen molar-refractivity contribution in [2.24, 2.45) is 5.92 Å². The Balaban J connectivity index is 2.71. The highest BCUT2D eigenvalue weighted by molar-refractivity contribution is 5.37. The first-order valence-corrected chi connectivity index (χ1v) is 5.71. The fourth-order valence-electron chi connectivity index (χ4n) is 1.92. The SMILES string of the molecule is Cc1cc(C#N)ccc1CN(C)CC(C)C. The van der Waals surface area contributed by atoms with E-state index in [2.05, 4.69) is 44.9 Å². The average Bonchev–Trinajstić information content (AvgIpc) is 2.19. The third-order valence-corrected chi connectivity index (χ3v) is 2.59. The predicted octanol–water partition coefficient (Wildman–Crippen LogP) is 2.95. The van der Waals surface area contributed by atoms with Crippen LogP contribution in [-0.2, 0) is 6.54 Å². The zero-order valence-corrected chi connectivity index (χ0v) is 10.6. The van der Waals surface area contributed by atoms with Crippen LogP contribution < -0.4 is 0 Å². The van der Waals surface area contributed by atoms with Crippen LogP contribution in [0.1, 0.15) is 30.5 Å². The molecular weight excluding hydrogens is 196 g/mol. The lowest BCUT2D eigenvalue weighted by Crippen LogP contribution is -2.23. The number of aryl methyl sites for hydroxylation is 1. The molecule has 0 radical (unpaired) electrons. The van der Waals surface area contributed by atoms with E-state index in [0.717, 1.165) is 18.7 Å². The molecule has 0 N–H and O–H groups in total. The molecule has 0 atom stereocenters. The van der Waals surface area contributed by atoms with E-state index in [1.165, 1.54) is 11.1 Å². The average molecular weight is 216 g/mol. The summed E-state index contributed by atoms with van der Waals surface area (Å²) in [5.74, 6) is 0.684. The Labute approximate surface area is 98.5 Å². The van der Waals surface area contributed by atoms with Crippen molar-refractivity contribution in [3.63, 3.8) is 0 Å².